The Labute approximate surface area is 191 Å². The summed E-state index contributed by atoms with van der Waals surface area (Å²) in [5.41, 5.74) is 1.83. The molecule has 6 heteroatoms. The van der Waals surface area contributed by atoms with Crippen molar-refractivity contribution in [3.05, 3.63) is 48.6 Å². The van der Waals surface area contributed by atoms with Crippen LogP contribution in [-0.2, 0) is 0 Å². The molecular weight excluding hydrogens is 408 g/mol. The first-order valence-corrected chi connectivity index (χ1v) is 10.6. The van der Waals surface area contributed by atoms with Crippen molar-refractivity contribution in [1.29, 1.82) is 0 Å². The summed E-state index contributed by atoms with van der Waals surface area (Å²) >= 11 is 0. The van der Waals surface area contributed by atoms with Gasteiger partial charge < -0.3 is 28.4 Å². The van der Waals surface area contributed by atoms with E-state index in [1.54, 1.807) is 40.6 Å². The molecule has 0 fully saturated rings. The van der Waals surface area contributed by atoms with Crippen LogP contribution >= 0.6 is 0 Å². The third-order valence-electron chi connectivity index (χ3n) is 4.97. The molecule has 0 aliphatic heterocycles. The van der Waals surface area contributed by atoms with Crippen LogP contribution in [0.15, 0.2) is 37.4 Å². The van der Waals surface area contributed by atoms with Crippen molar-refractivity contribution in [2.24, 2.45) is 0 Å². The highest BCUT2D eigenvalue weighted by atomic mass is 16.5. The number of rotatable bonds is 15. The van der Waals surface area contributed by atoms with Crippen molar-refractivity contribution >= 4 is 12.2 Å². The predicted octanol–water partition coefficient (Wildman–Crippen LogP) is 6.03. The molecule has 0 N–H and O–H groups in total. The van der Waals surface area contributed by atoms with Crippen LogP contribution in [0, 0.1) is 0 Å². The molecule has 0 spiro atoms. The van der Waals surface area contributed by atoms with Crippen LogP contribution in [0.4, 0.5) is 0 Å². The molecule has 174 valence electrons. The summed E-state index contributed by atoms with van der Waals surface area (Å²) in [4.78, 5) is 0. The molecule has 0 saturated heterocycles. The summed E-state index contributed by atoms with van der Waals surface area (Å²) < 4.78 is 33.7. The third kappa shape index (κ3) is 6.61. The van der Waals surface area contributed by atoms with Gasteiger partial charge in [-0.05, 0) is 61.1 Å². The highest BCUT2D eigenvalue weighted by Crippen LogP contribution is 2.40. The van der Waals surface area contributed by atoms with E-state index in [1.165, 1.54) is 0 Å². The Hall–Kier alpha value is -3.28. The molecule has 32 heavy (non-hydrogen) atoms. The van der Waals surface area contributed by atoms with Gasteiger partial charge in [0.2, 0.25) is 11.5 Å². The molecular formula is C26H34O6. The minimum absolute atomic E-state index is 0.575. The average Bonchev–Trinajstić information content (AvgIpc) is 2.84. The number of unbranched alkanes of at least 4 members (excludes halogenated alkanes) is 3. The zero-order valence-corrected chi connectivity index (χ0v) is 19.6. The molecule has 0 aromatic heterocycles. The molecule has 0 heterocycles. The van der Waals surface area contributed by atoms with Gasteiger partial charge in [-0.15, -0.1) is 0 Å². The molecule has 2 rings (SSSR count). The molecule has 2 aromatic carbocycles. The fourth-order valence-electron chi connectivity index (χ4n) is 3.23. The second-order valence-electron chi connectivity index (χ2n) is 7.03. The zero-order valence-electron chi connectivity index (χ0n) is 19.6. The van der Waals surface area contributed by atoms with E-state index < -0.39 is 0 Å². The van der Waals surface area contributed by atoms with Crippen LogP contribution in [0.3, 0.4) is 0 Å². The van der Waals surface area contributed by atoms with Gasteiger partial charge >= 0.3 is 0 Å². The Morgan fingerprint density at radius 1 is 0.562 bits per heavy atom. The lowest BCUT2D eigenvalue weighted by molar-refractivity contribution is 0.256. The number of hydrogen-bond donors (Lipinski definition) is 0. The highest BCUT2D eigenvalue weighted by Gasteiger charge is 2.14. The van der Waals surface area contributed by atoms with E-state index in [0.717, 1.165) is 36.8 Å². The van der Waals surface area contributed by atoms with Crippen molar-refractivity contribution in [3.63, 3.8) is 0 Å². The Kier molecular flexibility index (Phi) is 10.3. The molecule has 0 atom stereocenters. The second-order valence-corrected chi connectivity index (χ2v) is 7.03. The van der Waals surface area contributed by atoms with E-state index in [1.807, 2.05) is 24.3 Å². The average molecular weight is 443 g/mol. The van der Waals surface area contributed by atoms with Crippen LogP contribution in [0.1, 0.15) is 36.8 Å². The van der Waals surface area contributed by atoms with Gasteiger partial charge in [0.15, 0.2) is 23.0 Å². The van der Waals surface area contributed by atoms with Crippen molar-refractivity contribution in [2.75, 3.05) is 41.7 Å². The van der Waals surface area contributed by atoms with E-state index in [2.05, 4.69) is 13.2 Å². The maximum Gasteiger partial charge on any atom is 0.203 e. The van der Waals surface area contributed by atoms with Crippen LogP contribution in [0.25, 0.3) is 12.2 Å². The molecule has 0 amide bonds. The molecule has 6 nitrogen and oxygen atoms in total. The first-order valence-electron chi connectivity index (χ1n) is 10.6. The summed E-state index contributed by atoms with van der Waals surface area (Å²) in [6.45, 7) is 8.73. The lowest BCUT2D eigenvalue weighted by atomic mass is 10.1. The first-order chi connectivity index (χ1) is 15.6. The minimum atomic E-state index is 0.575. The molecule has 0 aliphatic carbocycles. The van der Waals surface area contributed by atoms with Crippen molar-refractivity contribution in [3.8, 4) is 34.5 Å². The number of hydrogen-bond acceptors (Lipinski definition) is 6. The van der Waals surface area contributed by atoms with Gasteiger partial charge in [-0.25, -0.2) is 0 Å². The third-order valence-corrected chi connectivity index (χ3v) is 4.97. The largest absolute Gasteiger partial charge is 0.493 e. The van der Waals surface area contributed by atoms with Gasteiger partial charge in [-0.3, -0.25) is 0 Å². The van der Waals surface area contributed by atoms with E-state index in [9.17, 15) is 0 Å². The van der Waals surface area contributed by atoms with Crippen LogP contribution in [0.2, 0.25) is 0 Å². The van der Waals surface area contributed by atoms with Crippen molar-refractivity contribution < 1.29 is 28.4 Å². The SMILES string of the molecule is C=Cc1cc(OC)c(OCCCCCCOc2c(OC)cc(C=C)cc2OC)c(OC)c1. The maximum absolute atomic E-state index is 5.95. The van der Waals surface area contributed by atoms with Gasteiger partial charge in [0.1, 0.15) is 0 Å². The topological polar surface area (TPSA) is 55.4 Å². The number of benzene rings is 2. The Bertz CT molecular complexity index is 766. The van der Waals surface area contributed by atoms with Gasteiger partial charge in [0.25, 0.3) is 0 Å². The lowest BCUT2D eigenvalue weighted by Gasteiger charge is -2.16. The second kappa shape index (κ2) is 13.2. The smallest absolute Gasteiger partial charge is 0.203 e. The lowest BCUT2D eigenvalue weighted by Crippen LogP contribution is -2.04. The van der Waals surface area contributed by atoms with Gasteiger partial charge in [-0.1, -0.05) is 25.3 Å². The van der Waals surface area contributed by atoms with Crippen molar-refractivity contribution in [2.45, 2.75) is 25.7 Å². The summed E-state index contributed by atoms with van der Waals surface area (Å²) in [6.07, 6.45) is 7.35. The highest BCUT2D eigenvalue weighted by molar-refractivity contribution is 5.62. The van der Waals surface area contributed by atoms with E-state index >= 15 is 0 Å². The zero-order chi connectivity index (χ0) is 23.3. The van der Waals surface area contributed by atoms with Gasteiger partial charge in [-0.2, -0.15) is 0 Å². The summed E-state index contributed by atoms with van der Waals surface area (Å²) in [5, 5.41) is 0. The Morgan fingerprint density at radius 2 is 0.875 bits per heavy atom. The molecule has 2 aromatic rings. The molecule has 0 saturated carbocycles. The quantitative estimate of drug-likeness (QED) is 0.314. The number of ether oxygens (including phenoxy) is 6. The number of methoxy groups -OCH3 is 4. The van der Waals surface area contributed by atoms with Gasteiger partial charge in [0.05, 0.1) is 41.7 Å². The predicted molar refractivity (Wildman–Crippen MR) is 129 cm³/mol. The van der Waals surface area contributed by atoms with Crippen LogP contribution in [-0.4, -0.2) is 41.7 Å². The monoisotopic (exact) mass is 442 g/mol. The molecule has 0 aliphatic rings. The fourth-order valence-corrected chi connectivity index (χ4v) is 3.23. The normalized spacial score (nSPS) is 10.2. The van der Waals surface area contributed by atoms with Gasteiger partial charge in [0, 0.05) is 0 Å². The summed E-state index contributed by atoms with van der Waals surface area (Å²) in [7, 11) is 6.46. The standard InChI is InChI=1S/C26H34O6/c1-7-19-15-21(27-3)25(22(16-19)28-4)31-13-11-9-10-12-14-32-26-23(29-5)17-20(8-2)18-24(26)30-6/h7-8,15-18H,1-2,9-14H2,3-6H3. The Morgan fingerprint density at radius 3 is 1.12 bits per heavy atom. The van der Waals surface area contributed by atoms with Crippen LogP contribution < -0.4 is 28.4 Å². The molecule has 0 unspecified atom stereocenters. The maximum atomic E-state index is 5.95. The molecule has 0 radical (unpaired) electrons. The van der Waals surface area contributed by atoms with E-state index in [4.69, 9.17) is 28.4 Å². The summed E-state index contributed by atoms with van der Waals surface area (Å²) in [6, 6.07) is 7.53. The first kappa shape index (κ1) is 25.0. The Balaban J connectivity index is 1.78. The van der Waals surface area contributed by atoms with E-state index in [0.29, 0.717) is 47.7 Å². The fraction of sp³-hybridized carbons (Fsp3) is 0.385. The van der Waals surface area contributed by atoms with Crippen LogP contribution in [0.5, 0.6) is 34.5 Å². The minimum Gasteiger partial charge on any atom is -0.493 e. The van der Waals surface area contributed by atoms with E-state index in [-0.39, 0.29) is 0 Å². The molecule has 0 bridgehead atoms. The van der Waals surface area contributed by atoms with Crippen molar-refractivity contribution in [1.82, 2.24) is 0 Å². The summed E-state index contributed by atoms with van der Waals surface area (Å²) in [5.74, 6) is 3.78.